The highest BCUT2D eigenvalue weighted by molar-refractivity contribution is 9.10. The number of unbranched alkanes of at least 4 members (excludes halogenated alkanes) is 5. The molecule has 0 spiro atoms. The summed E-state index contributed by atoms with van der Waals surface area (Å²) in [7, 11) is 0. The van der Waals surface area contributed by atoms with Gasteiger partial charge in [-0.25, -0.2) is 0 Å². The fourth-order valence-corrected chi connectivity index (χ4v) is 2.97. The van der Waals surface area contributed by atoms with Gasteiger partial charge in [0.1, 0.15) is 9.65 Å². The van der Waals surface area contributed by atoms with E-state index in [4.69, 9.17) is 9.47 Å². The molecule has 0 saturated carbocycles. The zero-order chi connectivity index (χ0) is 16.8. The SMILES string of the molecule is CCOC(=O)C(Br)CCCCCCCCC(Br)C(=O)OCC. The second-order valence-corrected chi connectivity index (χ2v) is 7.35. The molecule has 0 aliphatic rings. The van der Waals surface area contributed by atoms with Crippen molar-refractivity contribution < 1.29 is 19.1 Å². The maximum absolute atomic E-state index is 11.4. The number of carbonyl (C=O) groups is 2. The molecular formula is C16H28Br2O4. The average Bonchev–Trinajstić information content (AvgIpc) is 2.49. The largest absolute Gasteiger partial charge is 0.465 e. The van der Waals surface area contributed by atoms with E-state index in [9.17, 15) is 9.59 Å². The summed E-state index contributed by atoms with van der Waals surface area (Å²) in [6, 6.07) is 0. The van der Waals surface area contributed by atoms with Crippen molar-refractivity contribution >= 4 is 43.8 Å². The van der Waals surface area contributed by atoms with E-state index in [0.717, 1.165) is 51.4 Å². The Kier molecular flexibility index (Phi) is 14.4. The van der Waals surface area contributed by atoms with Gasteiger partial charge >= 0.3 is 11.9 Å². The second kappa shape index (κ2) is 14.5. The quantitative estimate of drug-likeness (QED) is 0.234. The van der Waals surface area contributed by atoms with E-state index in [2.05, 4.69) is 31.9 Å². The van der Waals surface area contributed by atoms with E-state index in [1.54, 1.807) is 0 Å². The van der Waals surface area contributed by atoms with Gasteiger partial charge in [-0.3, -0.25) is 9.59 Å². The van der Waals surface area contributed by atoms with Gasteiger partial charge in [-0.2, -0.15) is 0 Å². The van der Waals surface area contributed by atoms with E-state index in [-0.39, 0.29) is 21.6 Å². The van der Waals surface area contributed by atoms with Crippen molar-refractivity contribution in [3.63, 3.8) is 0 Å². The first kappa shape index (κ1) is 21.9. The van der Waals surface area contributed by atoms with Gasteiger partial charge in [0.25, 0.3) is 0 Å². The van der Waals surface area contributed by atoms with Gasteiger partial charge in [0.15, 0.2) is 0 Å². The third-order valence-corrected chi connectivity index (χ3v) is 4.91. The monoisotopic (exact) mass is 442 g/mol. The van der Waals surface area contributed by atoms with Crippen molar-refractivity contribution in [2.24, 2.45) is 0 Å². The van der Waals surface area contributed by atoms with Crippen LogP contribution in [-0.4, -0.2) is 34.8 Å². The molecule has 0 aliphatic heterocycles. The number of ether oxygens (including phenoxy) is 2. The Bertz CT molecular complexity index is 281. The number of hydrogen-bond acceptors (Lipinski definition) is 4. The Balaban J connectivity index is 3.44. The summed E-state index contributed by atoms with van der Waals surface area (Å²) in [5.74, 6) is -0.324. The van der Waals surface area contributed by atoms with E-state index in [0.29, 0.717) is 13.2 Å². The van der Waals surface area contributed by atoms with Gasteiger partial charge < -0.3 is 9.47 Å². The van der Waals surface area contributed by atoms with Crippen LogP contribution in [0.5, 0.6) is 0 Å². The molecule has 0 rings (SSSR count). The van der Waals surface area contributed by atoms with Gasteiger partial charge in [0, 0.05) is 0 Å². The van der Waals surface area contributed by atoms with Crippen molar-refractivity contribution in [2.45, 2.75) is 74.9 Å². The average molecular weight is 444 g/mol. The normalized spacial score (nSPS) is 13.5. The van der Waals surface area contributed by atoms with Crippen molar-refractivity contribution in [3.05, 3.63) is 0 Å². The molecule has 0 heterocycles. The van der Waals surface area contributed by atoms with Gasteiger partial charge in [0.05, 0.1) is 13.2 Å². The topological polar surface area (TPSA) is 52.6 Å². The maximum atomic E-state index is 11.4. The standard InChI is InChI=1S/C16H28Br2O4/c1-3-21-15(19)13(17)11-9-7-5-6-8-10-12-14(18)16(20)22-4-2/h13-14H,3-12H2,1-2H3. The molecule has 0 amide bonds. The Morgan fingerprint density at radius 1 is 0.727 bits per heavy atom. The summed E-state index contributed by atoms with van der Waals surface area (Å²) in [5.41, 5.74) is 0. The number of halogens is 2. The first-order chi connectivity index (χ1) is 10.5. The molecule has 4 nitrogen and oxygen atoms in total. The number of carbonyl (C=O) groups excluding carboxylic acids is 2. The van der Waals surface area contributed by atoms with Crippen molar-refractivity contribution in [1.29, 1.82) is 0 Å². The van der Waals surface area contributed by atoms with E-state index < -0.39 is 0 Å². The predicted octanol–water partition coefficient (Wildman–Crippen LogP) is 4.76. The summed E-state index contributed by atoms with van der Waals surface area (Å²) in [6.07, 6.45) is 8.27. The Morgan fingerprint density at radius 3 is 1.36 bits per heavy atom. The molecule has 0 N–H and O–H groups in total. The highest BCUT2D eigenvalue weighted by Gasteiger charge is 2.15. The zero-order valence-corrected chi connectivity index (χ0v) is 16.8. The molecule has 6 heteroatoms. The molecule has 0 aromatic heterocycles. The fourth-order valence-electron chi connectivity index (χ4n) is 2.06. The third-order valence-electron chi connectivity index (χ3n) is 3.25. The molecule has 0 aromatic carbocycles. The predicted molar refractivity (Wildman–Crippen MR) is 95.6 cm³/mol. The van der Waals surface area contributed by atoms with Crippen LogP contribution in [0.25, 0.3) is 0 Å². The molecule has 0 saturated heterocycles. The molecule has 0 fully saturated rings. The summed E-state index contributed by atoms with van der Waals surface area (Å²) >= 11 is 6.71. The second-order valence-electron chi connectivity index (χ2n) is 5.14. The third kappa shape index (κ3) is 11.5. The van der Waals surface area contributed by atoms with Gasteiger partial charge in [0.2, 0.25) is 0 Å². The smallest absolute Gasteiger partial charge is 0.319 e. The van der Waals surface area contributed by atoms with Crippen LogP contribution in [0.15, 0.2) is 0 Å². The van der Waals surface area contributed by atoms with E-state index >= 15 is 0 Å². The summed E-state index contributed by atoms with van der Waals surface area (Å²) in [4.78, 5) is 22.5. The van der Waals surface area contributed by atoms with Gasteiger partial charge in [-0.1, -0.05) is 70.4 Å². The fraction of sp³-hybridized carbons (Fsp3) is 0.875. The minimum Gasteiger partial charge on any atom is -0.465 e. The van der Waals surface area contributed by atoms with Crippen molar-refractivity contribution in [2.75, 3.05) is 13.2 Å². The van der Waals surface area contributed by atoms with E-state index in [1.165, 1.54) is 0 Å². The zero-order valence-electron chi connectivity index (χ0n) is 13.6. The summed E-state index contributed by atoms with van der Waals surface area (Å²) in [6.45, 7) is 4.50. The molecule has 0 radical (unpaired) electrons. The molecule has 130 valence electrons. The Hall–Kier alpha value is -0.100. The highest BCUT2D eigenvalue weighted by Crippen LogP contribution is 2.17. The Morgan fingerprint density at radius 2 is 1.05 bits per heavy atom. The first-order valence-corrected chi connectivity index (χ1v) is 9.97. The van der Waals surface area contributed by atoms with Crippen LogP contribution in [-0.2, 0) is 19.1 Å². The summed E-state index contributed by atoms with van der Waals surface area (Å²) in [5, 5.41) is 0. The summed E-state index contributed by atoms with van der Waals surface area (Å²) < 4.78 is 9.89. The van der Waals surface area contributed by atoms with Crippen LogP contribution < -0.4 is 0 Å². The van der Waals surface area contributed by atoms with Crippen LogP contribution in [0.1, 0.15) is 65.2 Å². The number of alkyl halides is 2. The molecule has 2 atom stereocenters. The molecule has 0 aliphatic carbocycles. The lowest BCUT2D eigenvalue weighted by atomic mass is 10.1. The lowest BCUT2D eigenvalue weighted by molar-refractivity contribution is -0.143. The number of hydrogen-bond donors (Lipinski definition) is 0. The number of rotatable bonds is 13. The maximum Gasteiger partial charge on any atom is 0.319 e. The molecule has 0 aromatic rings. The minimum atomic E-state index is -0.175. The molecule has 0 bridgehead atoms. The lowest BCUT2D eigenvalue weighted by Gasteiger charge is -2.09. The van der Waals surface area contributed by atoms with Crippen molar-refractivity contribution in [1.82, 2.24) is 0 Å². The Labute approximate surface area is 150 Å². The van der Waals surface area contributed by atoms with Crippen LogP contribution >= 0.6 is 31.9 Å². The molecule has 22 heavy (non-hydrogen) atoms. The van der Waals surface area contributed by atoms with Gasteiger partial charge in [-0.05, 0) is 26.7 Å². The molecular weight excluding hydrogens is 416 g/mol. The lowest BCUT2D eigenvalue weighted by Crippen LogP contribution is -2.17. The van der Waals surface area contributed by atoms with Crippen LogP contribution in [0, 0.1) is 0 Å². The van der Waals surface area contributed by atoms with Crippen LogP contribution in [0.2, 0.25) is 0 Å². The van der Waals surface area contributed by atoms with E-state index in [1.807, 2.05) is 13.8 Å². The highest BCUT2D eigenvalue weighted by atomic mass is 79.9. The van der Waals surface area contributed by atoms with Crippen LogP contribution in [0.3, 0.4) is 0 Å². The molecule has 2 unspecified atom stereocenters. The van der Waals surface area contributed by atoms with Crippen LogP contribution in [0.4, 0.5) is 0 Å². The van der Waals surface area contributed by atoms with Crippen molar-refractivity contribution in [3.8, 4) is 0 Å². The first-order valence-electron chi connectivity index (χ1n) is 8.14. The number of esters is 2. The van der Waals surface area contributed by atoms with Gasteiger partial charge in [-0.15, -0.1) is 0 Å². The minimum absolute atomic E-state index is 0.162.